The maximum absolute atomic E-state index is 6.16. The van der Waals surface area contributed by atoms with Crippen molar-refractivity contribution < 1.29 is 0 Å². The fraction of sp³-hybridized carbons (Fsp3) is 0.154. The Hall–Kier alpha value is -1.45. The molecule has 1 aromatic carbocycles. The molecule has 5 heteroatoms. The van der Waals surface area contributed by atoms with Gasteiger partial charge in [-0.05, 0) is 17.7 Å². The van der Waals surface area contributed by atoms with Gasteiger partial charge in [-0.15, -0.1) is 0 Å². The summed E-state index contributed by atoms with van der Waals surface area (Å²) in [4.78, 5) is 5.98. The van der Waals surface area contributed by atoms with Gasteiger partial charge in [-0.3, -0.25) is 4.98 Å². The van der Waals surface area contributed by atoms with Crippen molar-refractivity contribution in [1.82, 2.24) is 4.98 Å². The van der Waals surface area contributed by atoms with Crippen LogP contribution >= 0.6 is 23.2 Å². The number of anilines is 2. The highest BCUT2D eigenvalue weighted by Crippen LogP contribution is 2.28. The lowest BCUT2D eigenvalue weighted by Crippen LogP contribution is -2.18. The molecule has 0 atom stereocenters. The smallest absolute Gasteiger partial charge is 0.0738 e. The van der Waals surface area contributed by atoms with Crippen LogP contribution in [0.2, 0.25) is 10.0 Å². The summed E-state index contributed by atoms with van der Waals surface area (Å²) in [7, 11) is 1.95. The molecule has 0 unspecified atom stereocenters. The van der Waals surface area contributed by atoms with Crippen LogP contribution in [0.25, 0.3) is 0 Å². The van der Waals surface area contributed by atoms with Crippen molar-refractivity contribution >= 4 is 34.6 Å². The van der Waals surface area contributed by atoms with E-state index < -0.39 is 0 Å². The molecule has 0 fully saturated rings. The third-order valence-corrected chi connectivity index (χ3v) is 3.54. The average Bonchev–Trinajstić information content (AvgIpc) is 2.35. The van der Waals surface area contributed by atoms with E-state index in [9.17, 15) is 0 Å². The fourth-order valence-corrected chi connectivity index (χ4v) is 2.14. The molecule has 0 spiro atoms. The molecule has 0 bridgehead atoms. The summed E-state index contributed by atoms with van der Waals surface area (Å²) in [6, 6.07) is 7.47. The summed E-state index contributed by atoms with van der Waals surface area (Å²) < 4.78 is 0. The number of aromatic nitrogens is 1. The number of nitrogen functional groups attached to an aromatic ring is 1. The molecule has 0 amide bonds. The van der Waals surface area contributed by atoms with Gasteiger partial charge in [-0.2, -0.15) is 0 Å². The molecule has 2 rings (SSSR count). The lowest BCUT2D eigenvalue weighted by molar-refractivity contribution is 0.923. The Bertz CT molecular complexity index is 558. The van der Waals surface area contributed by atoms with Crippen molar-refractivity contribution in [3.8, 4) is 0 Å². The third kappa shape index (κ3) is 2.68. The van der Waals surface area contributed by atoms with Crippen molar-refractivity contribution in [3.63, 3.8) is 0 Å². The van der Waals surface area contributed by atoms with E-state index in [-0.39, 0.29) is 0 Å². The van der Waals surface area contributed by atoms with Crippen molar-refractivity contribution in [3.05, 3.63) is 52.3 Å². The van der Waals surface area contributed by atoms with E-state index in [2.05, 4.69) is 4.98 Å². The Morgan fingerprint density at radius 1 is 1.28 bits per heavy atom. The molecule has 1 heterocycles. The first kappa shape index (κ1) is 13.0. The number of rotatable bonds is 3. The van der Waals surface area contributed by atoms with Crippen LogP contribution in [0, 0.1) is 0 Å². The lowest BCUT2D eigenvalue weighted by Gasteiger charge is -2.21. The van der Waals surface area contributed by atoms with Crippen LogP contribution in [0.3, 0.4) is 0 Å². The van der Waals surface area contributed by atoms with E-state index >= 15 is 0 Å². The third-order valence-electron chi connectivity index (χ3n) is 2.68. The molecule has 0 aliphatic rings. The van der Waals surface area contributed by atoms with Gasteiger partial charge in [0, 0.05) is 19.8 Å². The van der Waals surface area contributed by atoms with Crippen LogP contribution in [-0.2, 0) is 6.54 Å². The molecule has 0 aliphatic carbocycles. The van der Waals surface area contributed by atoms with E-state index in [0.717, 1.165) is 11.3 Å². The quantitative estimate of drug-likeness (QED) is 0.935. The highest BCUT2D eigenvalue weighted by Gasteiger charge is 2.09. The predicted octanol–water partition coefficient (Wildman–Crippen LogP) is 3.61. The van der Waals surface area contributed by atoms with E-state index in [4.69, 9.17) is 28.9 Å². The molecule has 0 radical (unpaired) electrons. The minimum absolute atomic E-state index is 0.560. The van der Waals surface area contributed by atoms with E-state index in [1.807, 2.05) is 30.1 Å². The largest absolute Gasteiger partial charge is 0.396 e. The Morgan fingerprint density at radius 3 is 2.78 bits per heavy atom. The number of nitrogens with zero attached hydrogens (tertiary/aromatic N) is 2. The van der Waals surface area contributed by atoms with Crippen LogP contribution < -0.4 is 10.6 Å². The molecule has 1 aromatic heterocycles. The van der Waals surface area contributed by atoms with Gasteiger partial charge in [0.05, 0.1) is 27.6 Å². The van der Waals surface area contributed by atoms with Gasteiger partial charge < -0.3 is 10.6 Å². The Kier molecular flexibility index (Phi) is 3.94. The van der Waals surface area contributed by atoms with E-state index in [1.165, 1.54) is 0 Å². The molecular formula is C13H13Cl2N3. The molecule has 2 aromatic rings. The number of pyridine rings is 1. The van der Waals surface area contributed by atoms with Crippen molar-refractivity contribution in [2.24, 2.45) is 0 Å². The van der Waals surface area contributed by atoms with Crippen molar-refractivity contribution in [2.75, 3.05) is 17.7 Å². The van der Waals surface area contributed by atoms with E-state index in [0.29, 0.717) is 22.3 Å². The van der Waals surface area contributed by atoms with Crippen LogP contribution in [-0.4, -0.2) is 12.0 Å². The average molecular weight is 282 g/mol. The van der Waals surface area contributed by atoms with Gasteiger partial charge in [0.15, 0.2) is 0 Å². The SMILES string of the molecule is CN(Cc1cccc(Cl)c1Cl)c1ccncc1N. The topological polar surface area (TPSA) is 42.2 Å². The maximum Gasteiger partial charge on any atom is 0.0738 e. The summed E-state index contributed by atoms with van der Waals surface area (Å²) in [5, 5.41) is 1.14. The standard InChI is InChI=1S/C13H13Cl2N3/c1-18(12-5-6-17-7-11(12)16)8-9-3-2-4-10(14)13(9)15/h2-7H,8,16H2,1H3. The molecule has 18 heavy (non-hydrogen) atoms. The second-order valence-electron chi connectivity index (χ2n) is 4.00. The lowest BCUT2D eigenvalue weighted by atomic mass is 10.2. The van der Waals surface area contributed by atoms with E-state index in [1.54, 1.807) is 18.5 Å². The van der Waals surface area contributed by atoms with Crippen LogP contribution in [0.1, 0.15) is 5.56 Å². The Balaban J connectivity index is 2.24. The second kappa shape index (κ2) is 5.46. The van der Waals surface area contributed by atoms with Gasteiger partial charge in [0.25, 0.3) is 0 Å². The number of hydrogen-bond donors (Lipinski definition) is 1. The predicted molar refractivity (Wildman–Crippen MR) is 77.2 cm³/mol. The Labute approximate surface area is 116 Å². The first-order chi connectivity index (χ1) is 8.59. The molecule has 0 aliphatic heterocycles. The molecule has 94 valence electrons. The van der Waals surface area contributed by atoms with Gasteiger partial charge in [-0.25, -0.2) is 0 Å². The minimum Gasteiger partial charge on any atom is -0.396 e. The first-order valence-electron chi connectivity index (χ1n) is 5.43. The Morgan fingerprint density at radius 2 is 2.06 bits per heavy atom. The molecule has 2 N–H and O–H groups in total. The van der Waals surface area contributed by atoms with Crippen LogP contribution in [0.15, 0.2) is 36.7 Å². The normalized spacial score (nSPS) is 10.4. The zero-order chi connectivity index (χ0) is 13.1. The van der Waals surface area contributed by atoms with Gasteiger partial charge in [-0.1, -0.05) is 35.3 Å². The number of benzene rings is 1. The second-order valence-corrected chi connectivity index (χ2v) is 4.79. The summed E-state index contributed by atoms with van der Waals surface area (Å²) in [6.07, 6.45) is 3.34. The highest BCUT2D eigenvalue weighted by molar-refractivity contribution is 6.42. The minimum atomic E-state index is 0.560. The zero-order valence-electron chi connectivity index (χ0n) is 9.90. The number of halogens is 2. The number of nitrogens with two attached hydrogens (primary N) is 1. The maximum atomic E-state index is 6.16. The van der Waals surface area contributed by atoms with Crippen LogP contribution in [0.4, 0.5) is 11.4 Å². The number of hydrogen-bond acceptors (Lipinski definition) is 3. The van der Waals surface area contributed by atoms with Gasteiger partial charge in [0.1, 0.15) is 0 Å². The fourth-order valence-electron chi connectivity index (χ4n) is 1.76. The summed E-state index contributed by atoms with van der Waals surface area (Å²) in [5.41, 5.74) is 8.40. The van der Waals surface area contributed by atoms with Gasteiger partial charge >= 0.3 is 0 Å². The molecule has 0 saturated carbocycles. The molecule has 3 nitrogen and oxygen atoms in total. The molecule has 0 saturated heterocycles. The van der Waals surface area contributed by atoms with Crippen molar-refractivity contribution in [1.29, 1.82) is 0 Å². The van der Waals surface area contributed by atoms with Crippen molar-refractivity contribution in [2.45, 2.75) is 6.54 Å². The first-order valence-corrected chi connectivity index (χ1v) is 6.18. The highest BCUT2D eigenvalue weighted by atomic mass is 35.5. The van der Waals surface area contributed by atoms with Crippen LogP contribution in [0.5, 0.6) is 0 Å². The monoisotopic (exact) mass is 281 g/mol. The summed E-state index contributed by atoms with van der Waals surface area (Å²) in [6.45, 7) is 0.633. The summed E-state index contributed by atoms with van der Waals surface area (Å²) in [5.74, 6) is 0. The summed E-state index contributed by atoms with van der Waals surface area (Å²) >= 11 is 12.2. The zero-order valence-corrected chi connectivity index (χ0v) is 11.4. The van der Waals surface area contributed by atoms with Gasteiger partial charge in [0.2, 0.25) is 0 Å². The molecular weight excluding hydrogens is 269 g/mol.